The van der Waals surface area contributed by atoms with E-state index in [1.165, 1.54) is 11.3 Å². The van der Waals surface area contributed by atoms with Crippen LogP contribution in [0.25, 0.3) is 0 Å². The van der Waals surface area contributed by atoms with E-state index in [1.807, 2.05) is 0 Å². The van der Waals surface area contributed by atoms with Crippen LogP contribution in [0.1, 0.15) is 18.1 Å². The topological polar surface area (TPSA) is 54.4 Å². The van der Waals surface area contributed by atoms with Gasteiger partial charge in [0.25, 0.3) is 0 Å². The number of thiophene rings is 1. The summed E-state index contributed by atoms with van der Waals surface area (Å²) < 4.78 is 23.1. The molecule has 1 N–H and O–H groups in total. The van der Waals surface area contributed by atoms with Gasteiger partial charge in [0.05, 0.1) is 11.9 Å². The Morgan fingerprint density at radius 3 is 3.00 bits per heavy atom. The first-order valence-electron chi connectivity index (χ1n) is 3.59. The van der Waals surface area contributed by atoms with Crippen LogP contribution in [-0.2, 0) is 9.84 Å². The molecule has 3 nitrogen and oxygen atoms in total. The summed E-state index contributed by atoms with van der Waals surface area (Å²) in [4.78, 5) is 0. The van der Waals surface area contributed by atoms with Crippen LogP contribution in [0, 0.1) is 0 Å². The molecule has 2 heterocycles. The number of sulfone groups is 1. The van der Waals surface area contributed by atoms with E-state index in [-0.39, 0.29) is 5.75 Å². The molecule has 0 aromatic carbocycles. The van der Waals surface area contributed by atoms with E-state index >= 15 is 0 Å². The van der Waals surface area contributed by atoms with Crippen molar-refractivity contribution < 1.29 is 13.5 Å². The van der Waals surface area contributed by atoms with Crippen LogP contribution < -0.4 is 0 Å². The van der Waals surface area contributed by atoms with E-state index in [4.69, 9.17) is 0 Å². The highest BCUT2D eigenvalue weighted by Crippen LogP contribution is 2.35. The Morgan fingerprint density at radius 1 is 1.58 bits per heavy atom. The number of hydrogen-bond acceptors (Lipinski definition) is 4. The van der Waals surface area contributed by atoms with Gasteiger partial charge in [0.15, 0.2) is 9.84 Å². The van der Waals surface area contributed by atoms with Crippen LogP contribution in [0.4, 0.5) is 0 Å². The zero-order chi connectivity index (χ0) is 8.77. The Labute approximate surface area is 74.6 Å². The lowest BCUT2D eigenvalue weighted by atomic mass is 10.1. The van der Waals surface area contributed by atoms with Crippen molar-refractivity contribution in [2.75, 3.05) is 5.75 Å². The summed E-state index contributed by atoms with van der Waals surface area (Å²) in [5, 5.41) is 11.1. The Hall–Kier alpha value is -0.390. The molecular weight excluding hydrogens is 196 g/mol. The van der Waals surface area contributed by atoms with E-state index in [2.05, 4.69) is 0 Å². The lowest BCUT2D eigenvalue weighted by molar-refractivity contribution is 0.169. The van der Waals surface area contributed by atoms with Crippen molar-refractivity contribution in [1.82, 2.24) is 0 Å². The predicted molar refractivity (Wildman–Crippen MR) is 45.9 cm³/mol. The van der Waals surface area contributed by atoms with Crippen LogP contribution in [0.15, 0.2) is 15.7 Å². The fourth-order valence-electron chi connectivity index (χ4n) is 1.32. The molecule has 0 saturated heterocycles. The quantitative estimate of drug-likeness (QED) is 0.684. The monoisotopic (exact) mass is 204 g/mol. The van der Waals surface area contributed by atoms with E-state index in [1.54, 1.807) is 11.4 Å². The second-order valence-corrected chi connectivity index (χ2v) is 6.01. The third-order valence-electron chi connectivity index (χ3n) is 1.96. The average molecular weight is 204 g/mol. The molecule has 1 aliphatic heterocycles. The Balaban J connectivity index is 2.65. The standard InChI is InChI=1S/C7H8O3S2/c8-6-2-4-12(9,10)7-5(6)1-3-11-7/h1,3,6,8H,2,4H2/t6-/m0/s1. The minimum atomic E-state index is -3.07. The van der Waals surface area contributed by atoms with Crippen LogP contribution >= 0.6 is 11.3 Å². The summed E-state index contributed by atoms with van der Waals surface area (Å²) in [6.07, 6.45) is -0.263. The third-order valence-corrected chi connectivity index (χ3v) is 5.31. The molecule has 1 aromatic rings. The molecule has 66 valence electrons. The zero-order valence-electron chi connectivity index (χ0n) is 6.23. The van der Waals surface area contributed by atoms with Crippen molar-refractivity contribution in [2.24, 2.45) is 0 Å². The number of rotatable bonds is 0. The third kappa shape index (κ3) is 1.09. The molecule has 1 atom stereocenters. The van der Waals surface area contributed by atoms with Gasteiger partial charge in [-0.15, -0.1) is 11.3 Å². The molecule has 5 heteroatoms. The number of fused-ring (bicyclic) bond motifs is 1. The summed E-state index contributed by atoms with van der Waals surface area (Å²) in [5.41, 5.74) is 0.575. The van der Waals surface area contributed by atoms with Gasteiger partial charge in [-0.3, -0.25) is 0 Å². The fraction of sp³-hybridized carbons (Fsp3) is 0.429. The van der Waals surface area contributed by atoms with Crippen LogP contribution in [0.5, 0.6) is 0 Å². The molecule has 0 fully saturated rings. The van der Waals surface area contributed by atoms with Crippen molar-refractivity contribution >= 4 is 21.2 Å². The molecule has 0 amide bonds. The molecule has 0 radical (unpaired) electrons. The van der Waals surface area contributed by atoms with E-state index in [0.717, 1.165) is 0 Å². The maximum Gasteiger partial charge on any atom is 0.188 e. The maximum absolute atomic E-state index is 11.4. The van der Waals surface area contributed by atoms with Gasteiger partial charge in [0, 0.05) is 5.56 Å². The van der Waals surface area contributed by atoms with Gasteiger partial charge >= 0.3 is 0 Å². The minimum Gasteiger partial charge on any atom is -0.388 e. The van der Waals surface area contributed by atoms with Crippen molar-refractivity contribution in [3.8, 4) is 0 Å². The Kier molecular flexibility index (Phi) is 1.75. The summed E-state index contributed by atoms with van der Waals surface area (Å²) in [6, 6.07) is 1.68. The SMILES string of the molecule is O=S1(=O)CC[C@H](O)c2ccsc21. The molecule has 1 aromatic heterocycles. The molecular formula is C7H8O3S2. The van der Waals surface area contributed by atoms with Crippen LogP contribution in [0.3, 0.4) is 0 Å². The van der Waals surface area contributed by atoms with Crippen molar-refractivity contribution in [3.05, 3.63) is 17.0 Å². The highest BCUT2D eigenvalue weighted by molar-refractivity contribution is 7.93. The molecule has 0 unspecified atom stereocenters. The van der Waals surface area contributed by atoms with E-state index < -0.39 is 15.9 Å². The summed E-state index contributed by atoms with van der Waals surface area (Å²) in [6.45, 7) is 0. The van der Waals surface area contributed by atoms with Gasteiger partial charge in [-0.25, -0.2) is 8.42 Å². The lowest BCUT2D eigenvalue weighted by Crippen LogP contribution is -2.17. The molecule has 0 saturated carbocycles. The molecule has 0 bridgehead atoms. The first-order valence-corrected chi connectivity index (χ1v) is 6.13. The normalized spacial score (nSPS) is 26.6. The van der Waals surface area contributed by atoms with E-state index in [0.29, 0.717) is 16.2 Å². The second-order valence-electron chi connectivity index (χ2n) is 2.79. The number of aliphatic hydroxyl groups excluding tert-OH is 1. The van der Waals surface area contributed by atoms with Gasteiger partial charge in [-0.1, -0.05) is 0 Å². The fourth-order valence-corrected chi connectivity index (χ4v) is 4.28. The first kappa shape index (κ1) is 8.22. The summed E-state index contributed by atoms with van der Waals surface area (Å²) >= 11 is 1.19. The average Bonchev–Trinajstić information content (AvgIpc) is 2.46. The highest BCUT2D eigenvalue weighted by atomic mass is 32.2. The van der Waals surface area contributed by atoms with Gasteiger partial charge in [0.1, 0.15) is 4.21 Å². The molecule has 12 heavy (non-hydrogen) atoms. The summed E-state index contributed by atoms with van der Waals surface area (Å²) in [7, 11) is -3.07. The maximum atomic E-state index is 11.4. The predicted octanol–water partition coefficient (Wildman–Crippen LogP) is 0.959. The van der Waals surface area contributed by atoms with Gasteiger partial charge in [0.2, 0.25) is 0 Å². The second kappa shape index (κ2) is 2.55. The Morgan fingerprint density at radius 2 is 2.33 bits per heavy atom. The van der Waals surface area contributed by atoms with Gasteiger partial charge < -0.3 is 5.11 Å². The van der Waals surface area contributed by atoms with Crippen molar-refractivity contribution in [1.29, 1.82) is 0 Å². The molecule has 1 aliphatic rings. The van der Waals surface area contributed by atoms with Gasteiger partial charge in [-0.05, 0) is 17.9 Å². The number of hydrogen-bond donors (Lipinski definition) is 1. The molecule has 2 rings (SSSR count). The zero-order valence-corrected chi connectivity index (χ0v) is 7.86. The molecule has 0 spiro atoms. The minimum absolute atomic E-state index is 0.0711. The summed E-state index contributed by atoms with van der Waals surface area (Å²) in [5.74, 6) is 0.0711. The van der Waals surface area contributed by atoms with Crippen LogP contribution in [-0.4, -0.2) is 19.3 Å². The largest absolute Gasteiger partial charge is 0.388 e. The van der Waals surface area contributed by atoms with Crippen LogP contribution in [0.2, 0.25) is 0 Å². The van der Waals surface area contributed by atoms with Gasteiger partial charge in [-0.2, -0.15) is 0 Å². The Bertz CT molecular complexity index is 391. The smallest absolute Gasteiger partial charge is 0.188 e. The van der Waals surface area contributed by atoms with Crippen molar-refractivity contribution in [3.63, 3.8) is 0 Å². The first-order chi connectivity index (χ1) is 5.61. The molecule has 0 aliphatic carbocycles. The van der Waals surface area contributed by atoms with E-state index in [9.17, 15) is 13.5 Å². The number of aliphatic hydroxyl groups is 1. The van der Waals surface area contributed by atoms with Crippen molar-refractivity contribution in [2.45, 2.75) is 16.7 Å². The highest BCUT2D eigenvalue weighted by Gasteiger charge is 2.30. The lowest BCUT2D eigenvalue weighted by Gasteiger charge is -2.16.